The second kappa shape index (κ2) is 7.09. The maximum atomic E-state index is 12.6. The van der Waals surface area contributed by atoms with Gasteiger partial charge < -0.3 is 14.5 Å². The van der Waals surface area contributed by atoms with E-state index in [9.17, 15) is 4.79 Å². The SMILES string of the molecule is Cc1ccsc1CCC(=O)N1Cc2cnc(N3CCOCC3)nc2C1. The van der Waals surface area contributed by atoms with Crippen LogP contribution in [0.1, 0.15) is 28.1 Å². The van der Waals surface area contributed by atoms with Crippen molar-refractivity contribution in [2.45, 2.75) is 32.9 Å². The Hall–Kier alpha value is -1.99. The predicted molar refractivity (Wildman–Crippen MR) is 96.7 cm³/mol. The Labute approximate surface area is 151 Å². The van der Waals surface area contributed by atoms with Crippen molar-refractivity contribution in [1.29, 1.82) is 0 Å². The fourth-order valence-electron chi connectivity index (χ4n) is 3.27. The van der Waals surface area contributed by atoms with Crippen LogP contribution >= 0.6 is 11.3 Å². The molecule has 2 aliphatic rings. The number of fused-ring (bicyclic) bond motifs is 1. The third kappa shape index (κ3) is 3.52. The second-order valence-electron chi connectivity index (χ2n) is 6.52. The lowest BCUT2D eigenvalue weighted by atomic mass is 10.2. The largest absolute Gasteiger partial charge is 0.378 e. The van der Waals surface area contributed by atoms with E-state index in [0.717, 1.165) is 36.7 Å². The van der Waals surface area contributed by atoms with Gasteiger partial charge in [-0.15, -0.1) is 11.3 Å². The Kier molecular flexibility index (Phi) is 4.67. The molecule has 0 aliphatic carbocycles. The normalized spacial score (nSPS) is 17.0. The van der Waals surface area contributed by atoms with Crippen molar-refractivity contribution in [3.8, 4) is 0 Å². The number of aryl methyl sites for hydroxylation is 2. The van der Waals surface area contributed by atoms with Gasteiger partial charge in [-0.1, -0.05) is 0 Å². The molecule has 4 rings (SSSR count). The Morgan fingerprint density at radius 3 is 2.92 bits per heavy atom. The van der Waals surface area contributed by atoms with Crippen LogP contribution in [0.15, 0.2) is 17.6 Å². The number of carbonyl (C=O) groups excluding carboxylic acids is 1. The van der Waals surface area contributed by atoms with E-state index >= 15 is 0 Å². The summed E-state index contributed by atoms with van der Waals surface area (Å²) in [7, 11) is 0. The number of thiophene rings is 1. The molecule has 0 N–H and O–H groups in total. The number of ether oxygens (including phenoxy) is 1. The highest BCUT2D eigenvalue weighted by molar-refractivity contribution is 7.10. The van der Waals surface area contributed by atoms with Crippen LogP contribution in [-0.2, 0) is 29.0 Å². The Morgan fingerprint density at radius 2 is 2.16 bits per heavy atom. The van der Waals surface area contributed by atoms with Gasteiger partial charge in [-0.05, 0) is 30.4 Å². The summed E-state index contributed by atoms with van der Waals surface area (Å²) in [4.78, 5) is 27.1. The fourth-order valence-corrected chi connectivity index (χ4v) is 4.18. The smallest absolute Gasteiger partial charge is 0.225 e. The van der Waals surface area contributed by atoms with Crippen molar-refractivity contribution in [2.24, 2.45) is 0 Å². The van der Waals surface area contributed by atoms with Gasteiger partial charge in [-0.25, -0.2) is 9.97 Å². The molecule has 25 heavy (non-hydrogen) atoms. The van der Waals surface area contributed by atoms with Gasteiger partial charge in [0, 0.05) is 42.7 Å². The highest BCUT2D eigenvalue weighted by atomic mass is 32.1. The third-order valence-corrected chi connectivity index (χ3v) is 5.91. The zero-order chi connectivity index (χ0) is 17.2. The molecule has 1 saturated heterocycles. The summed E-state index contributed by atoms with van der Waals surface area (Å²) in [5, 5.41) is 2.09. The van der Waals surface area contributed by atoms with E-state index in [4.69, 9.17) is 9.72 Å². The van der Waals surface area contributed by atoms with Crippen LogP contribution in [0.25, 0.3) is 0 Å². The van der Waals surface area contributed by atoms with Crippen LogP contribution in [0.3, 0.4) is 0 Å². The molecule has 4 heterocycles. The van der Waals surface area contributed by atoms with E-state index in [1.165, 1.54) is 10.4 Å². The molecule has 0 aromatic carbocycles. The minimum atomic E-state index is 0.193. The lowest BCUT2D eigenvalue weighted by Crippen LogP contribution is -2.37. The number of hydrogen-bond acceptors (Lipinski definition) is 6. The number of rotatable bonds is 4. The molecule has 0 bridgehead atoms. The van der Waals surface area contributed by atoms with E-state index in [2.05, 4.69) is 28.3 Å². The van der Waals surface area contributed by atoms with Gasteiger partial charge in [-0.3, -0.25) is 4.79 Å². The molecule has 2 aromatic heterocycles. The van der Waals surface area contributed by atoms with Crippen LogP contribution < -0.4 is 4.90 Å². The molecule has 132 valence electrons. The summed E-state index contributed by atoms with van der Waals surface area (Å²) in [5.74, 6) is 0.948. The number of aromatic nitrogens is 2. The molecule has 2 aromatic rings. The summed E-state index contributed by atoms with van der Waals surface area (Å²) < 4.78 is 5.38. The molecule has 1 fully saturated rings. The number of carbonyl (C=O) groups is 1. The van der Waals surface area contributed by atoms with Crippen LogP contribution in [-0.4, -0.2) is 47.1 Å². The van der Waals surface area contributed by atoms with Gasteiger partial charge in [-0.2, -0.15) is 0 Å². The van der Waals surface area contributed by atoms with Crippen LogP contribution in [0, 0.1) is 6.92 Å². The zero-order valence-corrected chi connectivity index (χ0v) is 15.2. The van der Waals surface area contributed by atoms with Gasteiger partial charge in [0.1, 0.15) is 0 Å². The Bertz CT molecular complexity index is 770. The van der Waals surface area contributed by atoms with Gasteiger partial charge in [0.15, 0.2) is 0 Å². The second-order valence-corrected chi connectivity index (χ2v) is 7.52. The van der Waals surface area contributed by atoms with Crippen molar-refractivity contribution in [3.63, 3.8) is 0 Å². The number of hydrogen-bond donors (Lipinski definition) is 0. The summed E-state index contributed by atoms with van der Waals surface area (Å²) >= 11 is 1.73. The van der Waals surface area contributed by atoms with Crippen molar-refractivity contribution in [1.82, 2.24) is 14.9 Å². The average molecular weight is 358 g/mol. The van der Waals surface area contributed by atoms with Crippen LogP contribution in [0.5, 0.6) is 0 Å². The van der Waals surface area contributed by atoms with Crippen molar-refractivity contribution in [2.75, 3.05) is 31.2 Å². The molecular weight excluding hydrogens is 336 g/mol. The van der Waals surface area contributed by atoms with Crippen molar-refractivity contribution < 1.29 is 9.53 Å². The number of nitrogens with zero attached hydrogens (tertiary/aromatic N) is 4. The number of amides is 1. The Balaban J connectivity index is 1.38. The maximum Gasteiger partial charge on any atom is 0.225 e. The van der Waals surface area contributed by atoms with E-state index in [1.807, 2.05) is 11.1 Å². The van der Waals surface area contributed by atoms with Crippen molar-refractivity contribution >= 4 is 23.2 Å². The lowest BCUT2D eigenvalue weighted by molar-refractivity contribution is -0.131. The monoisotopic (exact) mass is 358 g/mol. The van der Waals surface area contributed by atoms with Gasteiger partial charge in [0.25, 0.3) is 0 Å². The fraction of sp³-hybridized carbons (Fsp3) is 0.500. The molecule has 0 spiro atoms. The third-order valence-electron chi connectivity index (χ3n) is 4.82. The molecular formula is C18H22N4O2S. The summed E-state index contributed by atoms with van der Waals surface area (Å²) in [6.45, 7) is 6.40. The highest BCUT2D eigenvalue weighted by Crippen LogP contribution is 2.24. The molecule has 2 aliphatic heterocycles. The first-order valence-corrected chi connectivity index (χ1v) is 9.57. The van der Waals surface area contributed by atoms with Crippen LogP contribution in [0.4, 0.5) is 5.95 Å². The van der Waals surface area contributed by atoms with Gasteiger partial charge >= 0.3 is 0 Å². The maximum absolute atomic E-state index is 12.6. The van der Waals surface area contributed by atoms with E-state index in [1.54, 1.807) is 11.3 Å². The van der Waals surface area contributed by atoms with Crippen LogP contribution in [0.2, 0.25) is 0 Å². The molecule has 0 unspecified atom stereocenters. The number of morpholine rings is 1. The molecule has 0 saturated carbocycles. The van der Waals surface area contributed by atoms with E-state index in [-0.39, 0.29) is 5.91 Å². The molecule has 0 radical (unpaired) electrons. The van der Waals surface area contributed by atoms with Gasteiger partial charge in [0.2, 0.25) is 11.9 Å². The molecule has 6 nitrogen and oxygen atoms in total. The molecule has 7 heteroatoms. The topological polar surface area (TPSA) is 58.6 Å². The number of anilines is 1. The lowest BCUT2D eigenvalue weighted by Gasteiger charge is -2.26. The summed E-state index contributed by atoms with van der Waals surface area (Å²) in [6.07, 6.45) is 3.25. The van der Waals surface area contributed by atoms with Crippen molar-refractivity contribution in [3.05, 3.63) is 39.3 Å². The zero-order valence-electron chi connectivity index (χ0n) is 14.4. The molecule has 1 amide bonds. The first-order valence-electron chi connectivity index (χ1n) is 8.69. The molecule has 0 atom stereocenters. The standard InChI is InChI=1S/C18H22N4O2S/c1-13-4-9-25-16(13)2-3-17(23)22-11-14-10-19-18(20-15(14)12-22)21-5-7-24-8-6-21/h4,9-10H,2-3,5-8,11-12H2,1H3. The minimum absolute atomic E-state index is 0.193. The quantitative estimate of drug-likeness (QED) is 0.838. The predicted octanol–water partition coefficient (Wildman–Crippen LogP) is 2.16. The minimum Gasteiger partial charge on any atom is -0.378 e. The first-order chi connectivity index (χ1) is 12.2. The van der Waals surface area contributed by atoms with Gasteiger partial charge in [0.05, 0.1) is 25.5 Å². The Morgan fingerprint density at radius 1 is 1.32 bits per heavy atom. The van der Waals surface area contributed by atoms with E-state index < -0.39 is 0 Å². The highest BCUT2D eigenvalue weighted by Gasteiger charge is 2.26. The average Bonchev–Trinajstić information content (AvgIpc) is 3.25. The first kappa shape index (κ1) is 16.5. The summed E-state index contributed by atoms with van der Waals surface area (Å²) in [6, 6.07) is 2.11. The summed E-state index contributed by atoms with van der Waals surface area (Å²) in [5.41, 5.74) is 3.33. The van der Waals surface area contributed by atoms with E-state index in [0.29, 0.717) is 32.7 Å².